The van der Waals surface area contributed by atoms with E-state index in [1.165, 1.54) is 11.3 Å². The third-order valence-electron chi connectivity index (χ3n) is 3.12. The highest BCUT2D eigenvalue weighted by atomic mass is 32.2. The second kappa shape index (κ2) is 6.97. The van der Waals surface area contributed by atoms with Crippen LogP contribution >= 0.6 is 23.1 Å². The lowest BCUT2D eigenvalue weighted by Crippen LogP contribution is -2.13. The van der Waals surface area contributed by atoms with E-state index >= 15 is 0 Å². The van der Waals surface area contributed by atoms with Gasteiger partial charge in [0.15, 0.2) is 4.80 Å². The predicted molar refractivity (Wildman–Crippen MR) is 90.4 cm³/mol. The van der Waals surface area contributed by atoms with Gasteiger partial charge in [-0.2, -0.15) is 4.99 Å². The molecule has 0 atom stereocenters. The van der Waals surface area contributed by atoms with E-state index in [2.05, 4.69) is 10.1 Å². The number of hydrogen-bond acceptors (Lipinski definition) is 5. The molecule has 0 radical (unpaired) electrons. The topological polar surface area (TPSA) is 60.4 Å². The summed E-state index contributed by atoms with van der Waals surface area (Å²) in [5, 5.41) is 5.77. The number of thiazole rings is 1. The maximum Gasteiger partial charge on any atom is 0.280 e. The molecule has 0 saturated carbocycles. The van der Waals surface area contributed by atoms with Gasteiger partial charge in [-0.1, -0.05) is 17.3 Å². The van der Waals surface area contributed by atoms with Crippen LogP contribution in [0.15, 0.2) is 56.3 Å². The molecule has 0 fully saturated rings. The summed E-state index contributed by atoms with van der Waals surface area (Å²) in [5.41, 5.74) is 1.45. The Morgan fingerprint density at radius 3 is 2.96 bits per heavy atom. The highest BCUT2D eigenvalue weighted by molar-refractivity contribution is 7.98. The summed E-state index contributed by atoms with van der Waals surface area (Å²) >= 11 is 2.98. The van der Waals surface area contributed by atoms with Gasteiger partial charge in [0.25, 0.3) is 5.91 Å². The lowest BCUT2D eigenvalue weighted by Gasteiger charge is -2.04. The van der Waals surface area contributed by atoms with Crippen LogP contribution in [0.25, 0.3) is 0 Å². The Morgan fingerprint density at radius 1 is 1.43 bits per heavy atom. The molecule has 0 bridgehead atoms. The second-order valence-electron chi connectivity index (χ2n) is 4.93. The fraction of sp³-hybridized carbons (Fsp3) is 0.188. The van der Waals surface area contributed by atoms with Crippen molar-refractivity contribution < 1.29 is 9.32 Å². The number of carbonyl (C=O) groups is 1. The summed E-state index contributed by atoms with van der Waals surface area (Å²) in [5.74, 6) is 1.18. The summed E-state index contributed by atoms with van der Waals surface area (Å²) in [6, 6.07) is 9.38. The first-order valence-electron chi connectivity index (χ1n) is 6.96. The van der Waals surface area contributed by atoms with E-state index in [1.54, 1.807) is 17.8 Å². The number of thioether (sulfide) groups is 1. The zero-order valence-electron chi connectivity index (χ0n) is 12.7. The standard InChI is InChI=1S/C16H15N3O2S2/c1-11-9-12(21-18-11)10-23-14-6-4-3-5-13(14)15(20)17-16-19(2)7-8-22-16/h3-9H,10H2,1-2H3. The molecule has 23 heavy (non-hydrogen) atoms. The smallest absolute Gasteiger partial charge is 0.280 e. The zero-order valence-corrected chi connectivity index (χ0v) is 14.4. The number of amides is 1. The van der Waals surface area contributed by atoms with Gasteiger partial charge >= 0.3 is 0 Å². The van der Waals surface area contributed by atoms with Crippen LogP contribution in [-0.2, 0) is 12.8 Å². The number of benzene rings is 1. The van der Waals surface area contributed by atoms with E-state index in [9.17, 15) is 4.79 Å². The zero-order chi connectivity index (χ0) is 16.2. The fourth-order valence-corrected chi connectivity index (χ4v) is 3.63. The first-order valence-corrected chi connectivity index (χ1v) is 8.83. The Morgan fingerprint density at radius 2 is 2.26 bits per heavy atom. The largest absolute Gasteiger partial charge is 0.360 e. The highest BCUT2D eigenvalue weighted by Crippen LogP contribution is 2.27. The maximum atomic E-state index is 12.5. The third-order valence-corrected chi connectivity index (χ3v) is 5.06. The first-order chi connectivity index (χ1) is 11.1. The number of aromatic nitrogens is 2. The fourth-order valence-electron chi connectivity index (χ4n) is 1.98. The molecule has 0 unspecified atom stereocenters. The quantitative estimate of drug-likeness (QED) is 0.680. The molecule has 5 nitrogen and oxygen atoms in total. The summed E-state index contributed by atoms with van der Waals surface area (Å²) in [4.78, 5) is 18.2. The van der Waals surface area contributed by atoms with Gasteiger partial charge in [0, 0.05) is 29.6 Å². The molecule has 1 amide bonds. The SMILES string of the molecule is Cc1cc(CSc2ccccc2C(=O)N=c2sccn2C)on1. The molecule has 2 heterocycles. The number of aryl methyl sites for hydroxylation is 2. The molecule has 2 aromatic heterocycles. The van der Waals surface area contributed by atoms with Gasteiger partial charge in [0.1, 0.15) is 5.76 Å². The minimum Gasteiger partial charge on any atom is -0.360 e. The van der Waals surface area contributed by atoms with Gasteiger partial charge in [-0.3, -0.25) is 4.79 Å². The predicted octanol–water partition coefficient (Wildman–Crippen LogP) is 3.42. The van der Waals surface area contributed by atoms with E-state index in [1.807, 2.05) is 54.4 Å². The van der Waals surface area contributed by atoms with E-state index < -0.39 is 0 Å². The van der Waals surface area contributed by atoms with Crippen LogP contribution in [0.4, 0.5) is 0 Å². The highest BCUT2D eigenvalue weighted by Gasteiger charge is 2.12. The molecule has 0 saturated heterocycles. The summed E-state index contributed by atoms with van der Waals surface area (Å²) in [7, 11) is 1.87. The Hall–Kier alpha value is -2.12. The van der Waals surface area contributed by atoms with Crippen molar-refractivity contribution in [1.82, 2.24) is 9.72 Å². The Balaban J connectivity index is 1.83. The maximum absolute atomic E-state index is 12.5. The summed E-state index contributed by atoms with van der Waals surface area (Å²) in [6.07, 6.45) is 1.88. The molecule has 118 valence electrons. The van der Waals surface area contributed by atoms with Crippen molar-refractivity contribution in [3.05, 3.63) is 63.7 Å². The second-order valence-corrected chi connectivity index (χ2v) is 6.82. The van der Waals surface area contributed by atoms with Crippen LogP contribution in [0, 0.1) is 6.92 Å². The molecule has 3 aromatic rings. The number of nitrogens with zero attached hydrogens (tertiary/aromatic N) is 3. The average molecular weight is 345 g/mol. The average Bonchev–Trinajstić information content (AvgIpc) is 3.14. The van der Waals surface area contributed by atoms with E-state index in [0.29, 0.717) is 16.1 Å². The Labute approximate surface area is 141 Å². The van der Waals surface area contributed by atoms with Crippen molar-refractivity contribution in [2.24, 2.45) is 12.0 Å². The van der Waals surface area contributed by atoms with E-state index in [0.717, 1.165) is 16.3 Å². The number of rotatable bonds is 4. The van der Waals surface area contributed by atoms with Crippen molar-refractivity contribution >= 4 is 29.0 Å². The van der Waals surface area contributed by atoms with Gasteiger partial charge in [0.05, 0.1) is 17.0 Å². The van der Waals surface area contributed by atoms with Crippen LogP contribution in [0.3, 0.4) is 0 Å². The summed E-state index contributed by atoms with van der Waals surface area (Å²) in [6.45, 7) is 1.88. The van der Waals surface area contributed by atoms with Crippen LogP contribution in [0.5, 0.6) is 0 Å². The molecule has 3 rings (SSSR count). The number of carbonyl (C=O) groups excluding carboxylic acids is 1. The Bertz CT molecular complexity index is 892. The molecule has 0 N–H and O–H groups in total. The Kier molecular flexibility index (Phi) is 4.78. The van der Waals surface area contributed by atoms with Crippen molar-refractivity contribution in [3.8, 4) is 0 Å². The third kappa shape index (κ3) is 3.80. The van der Waals surface area contributed by atoms with E-state index in [4.69, 9.17) is 4.52 Å². The van der Waals surface area contributed by atoms with E-state index in [-0.39, 0.29) is 5.91 Å². The molecule has 0 spiro atoms. The minimum atomic E-state index is -0.236. The first kappa shape index (κ1) is 15.8. The van der Waals surface area contributed by atoms with Gasteiger partial charge < -0.3 is 9.09 Å². The van der Waals surface area contributed by atoms with Gasteiger partial charge in [-0.05, 0) is 19.1 Å². The van der Waals surface area contributed by atoms with Crippen LogP contribution < -0.4 is 4.80 Å². The normalized spacial score (nSPS) is 11.8. The van der Waals surface area contributed by atoms with Crippen LogP contribution in [0.1, 0.15) is 21.8 Å². The summed E-state index contributed by atoms with van der Waals surface area (Å²) < 4.78 is 7.04. The van der Waals surface area contributed by atoms with Gasteiger partial charge in [0.2, 0.25) is 0 Å². The molecule has 0 aliphatic rings. The molecule has 0 aliphatic carbocycles. The van der Waals surface area contributed by atoms with Gasteiger partial charge in [-0.25, -0.2) is 0 Å². The lowest BCUT2D eigenvalue weighted by atomic mass is 10.2. The van der Waals surface area contributed by atoms with Crippen LogP contribution in [0.2, 0.25) is 0 Å². The molecular formula is C16H15N3O2S2. The molecule has 7 heteroatoms. The molecular weight excluding hydrogens is 330 g/mol. The van der Waals surface area contributed by atoms with Crippen molar-refractivity contribution in [2.45, 2.75) is 17.6 Å². The lowest BCUT2D eigenvalue weighted by molar-refractivity contribution is 0.0995. The molecule has 0 aliphatic heterocycles. The van der Waals surface area contributed by atoms with Gasteiger partial charge in [-0.15, -0.1) is 23.1 Å². The van der Waals surface area contributed by atoms with Crippen molar-refractivity contribution in [3.63, 3.8) is 0 Å². The minimum absolute atomic E-state index is 0.236. The number of hydrogen-bond donors (Lipinski definition) is 0. The monoisotopic (exact) mass is 345 g/mol. The van der Waals surface area contributed by atoms with Crippen molar-refractivity contribution in [1.29, 1.82) is 0 Å². The van der Waals surface area contributed by atoms with Crippen LogP contribution in [-0.4, -0.2) is 15.6 Å². The van der Waals surface area contributed by atoms with Crippen molar-refractivity contribution in [2.75, 3.05) is 0 Å². The molecule has 1 aromatic carbocycles.